The van der Waals surface area contributed by atoms with Crippen LogP contribution in [0.4, 0.5) is 5.69 Å². The summed E-state index contributed by atoms with van der Waals surface area (Å²) in [4.78, 5) is 12.9. The quantitative estimate of drug-likeness (QED) is 0.837. The Morgan fingerprint density at radius 2 is 2.15 bits per heavy atom. The third kappa shape index (κ3) is 3.53. The zero-order chi connectivity index (χ0) is 19.0. The lowest BCUT2D eigenvalue weighted by atomic mass is 9.74. The van der Waals surface area contributed by atoms with Crippen molar-refractivity contribution in [3.05, 3.63) is 24.0 Å². The number of tetrazole rings is 1. The number of ether oxygens (including phenoxy) is 1. The van der Waals surface area contributed by atoms with Crippen LogP contribution in [0.15, 0.2) is 18.2 Å². The van der Waals surface area contributed by atoms with Gasteiger partial charge in [-0.1, -0.05) is 12.8 Å². The highest BCUT2D eigenvalue weighted by molar-refractivity contribution is 5.94. The molecule has 3 N–H and O–H groups in total. The molecule has 2 fully saturated rings. The number of benzene rings is 1. The molecule has 2 atom stereocenters. The number of methoxy groups -OCH3 is 1. The summed E-state index contributed by atoms with van der Waals surface area (Å²) in [5, 5.41) is 15.1. The first-order chi connectivity index (χ1) is 13.0. The summed E-state index contributed by atoms with van der Waals surface area (Å²) in [5.74, 6) is 1.66. The predicted molar refractivity (Wildman–Crippen MR) is 101 cm³/mol. The first-order valence-electron chi connectivity index (χ1n) is 9.56. The second-order valence-electron chi connectivity index (χ2n) is 7.90. The lowest BCUT2D eigenvalue weighted by Crippen LogP contribution is -2.51. The van der Waals surface area contributed by atoms with Crippen molar-refractivity contribution < 1.29 is 9.53 Å². The van der Waals surface area contributed by atoms with E-state index in [1.165, 1.54) is 0 Å². The Hall–Kier alpha value is -2.48. The van der Waals surface area contributed by atoms with Crippen molar-refractivity contribution in [2.24, 2.45) is 11.7 Å². The van der Waals surface area contributed by atoms with E-state index < -0.39 is 5.54 Å². The monoisotopic (exact) mass is 370 g/mol. The summed E-state index contributed by atoms with van der Waals surface area (Å²) in [5.41, 5.74) is 7.33. The molecule has 144 valence electrons. The van der Waals surface area contributed by atoms with Crippen molar-refractivity contribution in [1.82, 2.24) is 20.2 Å². The number of anilines is 1. The number of amides is 1. The van der Waals surface area contributed by atoms with E-state index in [1.54, 1.807) is 11.8 Å². The second-order valence-corrected chi connectivity index (χ2v) is 7.90. The molecule has 8 heteroatoms. The van der Waals surface area contributed by atoms with E-state index in [9.17, 15) is 4.79 Å². The minimum Gasteiger partial charge on any atom is -0.494 e. The van der Waals surface area contributed by atoms with Crippen molar-refractivity contribution in [2.75, 3.05) is 12.4 Å². The molecule has 2 aliphatic carbocycles. The van der Waals surface area contributed by atoms with Gasteiger partial charge in [-0.2, -0.15) is 4.68 Å². The van der Waals surface area contributed by atoms with Gasteiger partial charge in [-0.15, -0.1) is 5.10 Å². The number of hydrogen-bond donors (Lipinski definition) is 2. The van der Waals surface area contributed by atoms with Gasteiger partial charge in [0.2, 0.25) is 5.91 Å². The van der Waals surface area contributed by atoms with Gasteiger partial charge in [0.1, 0.15) is 11.4 Å². The van der Waals surface area contributed by atoms with Crippen LogP contribution in [0.1, 0.15) is 57.2 Å². The smallest absolute Gasteiger partial charge is 0.229 e. The molecule has 0 radical (unpaired) electrons. The van der Waals surface area contributed by atoms with Crippen molar-refractivity contribution in [1.29, 1.82) is 0 Å². The molecule has 0 bridgehead atoms. The summed E-state index contributed by atoms with van der Waals surface area (Å²) in [6.45, 7) is 1.97. The lowest BCUT2D eigenvalue weighted by Gasteiger charge is -2.37. The normalized spacial score (nSPS) is 25.2. The van der Waals surface area contributed by atoms with Crippen LogP contribution in [-0.4, -0.2) is 38.8 Å². The van der Waals surface area contributed by atoms with E-state index >= 15 is 0 Å². The van der Waals surface area contributed by atoms with Crippen LogP contribution in [0, 0.1) is 5.92 Å². The fraction of sp³-hybridized carbons (Fsp3) is 0.579. The average molecular weight is 370 g/mol. The van der Waals surface area contributed by atoms with Gasteiger partial charge in [-0.3, -0.25) is 4.79 Å². The van der Waals surface area contributed by atoms with Crippen LogP contribution in [0.3, 0.4) is 0 Å². The van der Waals surface area contributed by atoms with Gasteiger partial charge in [-0.25, -0.2) is 0 Å². The lowest BCUT2D eigenvalue weighted by molar-refractivity contribution is -0.122. The van der Waals surface area contributed by atoms with E-state index in [0.29, 0.717) is 17.4 Å². The first-order valence-corrected chi connectivity index (χ1v) is 9.56. The van der Waals surface area contributed by atoms with E-state index in [-0.39, 0.29) is 11.8 Å². The number of carbonyl (C=O) groups is 1. The number of aromatic nitrogens is 4. The fourth-order valence-corrected chi connectivity index (χ4v) is 3.91. The number of hydrogen-bond acceptors (Lipinski definition) is 6. The molecule has 2 unspecified atom stereocenters. The van der Waals surface area contributed by atoms with Crippen molar-refractivity contribution in [2.45, 2.75) is 56.9 Å². The Morgan fingerprint density at radius 3 is 2.85 bits per heavy atom. The van der Waals surface area contributed by atoms with E-state index in [0.717, 1.165) is 50.0 Å². The molecule has 0 saturated heterocycles. The summed E-state index contributed by atoms with van der Waals surface area (Å²) < 4.78 is 7.19. The molecule has 1 aromatic heterocycles. The van der Waals surface area contributed by atoms with Crippen molar-refractivity contribution >= 4 is 11.6 Å². The van der Waals surface area contributed by atoms with Gasteiger partial charge in [0.05, 0.1) is 13.0 Å². The third-order valence-corrected chi connectivity index (χ3v) is 5.68. The van der Waals surface area contributed by atoms with Crippen LogP contribution in [0.5, 0.6) is 5.75 Å². The zero-order valence-corrected chi connectivity index (χ0v) is 15.8. The van der Waals surface area contributed by atoms with Crippen molar-refractivity contribution in [3.8, 4) is 11.4 Å². The van der Waals surface area contributed by atoms with E-state index in [1.807, 2.05) is 25.1 Å². The van der Waals surface area contributed by atoms with Gasteiger partial charge in [-0.05, 0) is 61.2 Å². The van der Waals surface area contributed by atoms with Crippen LogP contribution < -0.4 is 15.8 Å². The van der Waals surface area contributed by atoms with Crippen LogP contribution in [-0.2, 0) is 4.79 Å². The molecule has 2 saturated carbocycles. The SMILES string of the molecule is COc1ccc(NC(=O)C2CCCCC2(C)N)cc1-n1nnnc1C1CC1. The molecule has 0 aliphatic heterocycles. The highest BCUT2D eigenvalue weighted by atomic mass is 16.5. The maximum absolute atomic E-state index is 12.9. The van der Waals surface area contributed by atoms with Gasteiger partial charge in [0.25, 0.3) is 0 Å². The maximum Gasteiger partial charge on any atom is 0.229 e. The standard InChI is InChI=1S/C19H26N6O2/c1-19(20)10-4-3-5-14(19)18(26)21-13-8-9-16(27-2)15(11-13)25-17(12-6-7-12)22-23-24-25/h8-9,11-12,14H,3-7,10,20H2,1-2H3,(H,21,26). The Bertz CT molecular complexity index is 842. The fourth-order valence-electron chi connectivity index (χ4n) is 3.91. The van der Waals surface area contributed by atoms with Gasteiger partial charge in [0.15, 0.2) is 5.82 Å². The van der Waals surface area contributed by atoms with Crippen LogP contribution >= 0.6 is 0 Å². The highest BCUT2D eigenvalue weighted by Crippen LogP contribution is 2.40. The van der Waals surface area contributed by atoms with Gasteiger partial charge >= 0.3 is 0 Å². The first kappa shape index (κ1) is 17.9. The van der Waals surface area contributed by atoms with Gasteiger partial charge < -0.3 is 15.8 Å². The third-order valence-electron chi connectivity index (χ3n) is 5.68. The summed E-state index contributed by atoms with van der Waals surface area (Å²) >= 11 is 0. The number of nitrogens with zero attached hydrogens (tertiary/aromatic N) is 4. The Balaban J connectivity index is 1.61. The molecular formula is C19H26N6O2. The van der Waals surface area contributed by atoms with E-state index in [4.69, 9.17) is 10.5 Å². The molecule has 2 aliphatic rings. The number of nitrogens with two attached hydrogens (primary N) is 1. The molecule has 27 heavy (non-hydrogen) atoms. The molecule has 1 heterocycles. The van der Waals surface area contributed by atoms with Crippen LogP contribution in [0.25, 0.3) is 5.69 Å². The molecule has 2 aromatic rings. The molecule has 1 amide bonds. The highest BCUT2D eigenvalue weighted by Gasteiger charge is 2.38. The molecule has 0 spiro atoms. The zero-order valence-electron chi connectivity index (χ0n) is 15.8. The summed E-state index contributed by atoms with van der Waals surface area (Å²) in [6.07, 6.45) is 5.99. The minimum atomic E-state index is -0.466. The molecular weight excluding hydrogens is 344 g/mol. The Morgan fingerprint density at radius 1 is 1.33 bits per heavy atom. The van der Waals surface area contributed by atoms with Crippen LogP contribution in [0.2, 0.25) is 0 Å². The number of nitrogens with one attached hydrogen (secondary N) is 1. The average Bonchev–Trinajstić information content (AvgIpc) is 3.37. The molecule has 8 nitrogen and oxygen atoms in total. The van der Waals surface area contributed by atoms with Crippen molar-refractivity contribution in [3.63, 3.8) is 0 Å². The summed E-state index contributed by atoms with van der Waals surface area (Å²) in [6, 6.07) is 5.51. The maximum atomic E-state index is 12.9. The predicted octanol–water partition coefficient (Wildman–Crippen LogP) is 2.39. The largest absolute Gasteiger partial charge is 0.494 e. The Labute approximate surface area is 158 Å². The topological polar surface area (TPSA) is 108 Å². The minimum absolute atomic E-state index is 0.0325. The number of carbonyl (C=O) groups excluding carboxylic acids is 1. The Kier molecular flexibility index (Phi) is 4.59. The molecule has 1 aromatic carbocycles. The summed E-state index contributed by atoms with van der Waals surface area (Å²) in [7, 11) is 1.61. The number of rotatable bonds is 5. The molecule has 4 rings (SSSR count). The second kappa shape index (κ2) is 6.92. The van der Waals surface area contributed by atoms with E-state index in [2.05, 4.69) is 20.8 Å². The van der Waals surface area contributed by atoms with Gasteiger partial charge in [0, 0.05) is 17.1 Å².